The van der Waals surface area contributed by atoms with Crippen LogP contribution in [0.4, 0.5) is 4.39 Å². The number of aryl methyl sites for hydroxylation is 2. The summed E-state index contributed by atoms with van der Waals surface area (Å²) in [6, 6.07) is 6.24. The number of benzene rings is 1. The van der Waals surface area contributed by atoms with E-state index in [2.05, 4.69) is 29.3 Å². The van der Waals surface area contributed by atoms with Crippen LogP contribution in [0, 0.1) is 19.8 Å². The second-order valence-corrected chi connectivity index (χ2v) is 5.19. The van der Waals surface area contributed by atoms with E-state index in [1.807, 2.05) is 20.8 Å². The molecule has 1 aromatic rings. The molecule has 0 N–H and O–H groups in total. The molecule has 1 aliphatic rings. The molecule has 0 saturated carbocycles. The van der Waals surface area contributed by atoms with Gasteiger partial charge in [-0.25, -0.2) is 4.39 Å². The number of hydrogen-bond acceptors (Lipinski definition) is 1. The summed E-state index contributed by atoms with van der Waals surface area (Å²) in [4.78, 5) is 4.37. The zero-order valence-electron chi connectivity index (χ0n) is 12.0. The second-order valence-electron chi connectivity index (χ2n) is 5.19. The van der Waals surface area contributed by atoms with Gasteiger partial charge in [0, 0.05) is 7.05 Å². The smallest absolute Gasteiger partial charge is 0.110 e. The number of nitrogens with zero attached hydrogens (tertiary/aromatic N) is 1. The summed E-state index contributed by atoms with van der Waals surface area (Å²) >= 11 is 0. The highest BCUT2D eigenvalue weighted by Crippen LogP contribution is 2.30. The molecular formula is C17H20FN. The molecule has 2 rings (SSSR count). The molecule has 1 aromatic carbocycles. The van der Waals surface area contributed by atoms with E-state index in [4.69, 9.17) is 0 Å². The molecule has 0 aliphatic heterocycles. The van der Waals surface area contributed by atoms with Gasteiger partial charge in [0.15, 0.2) is 0 Å². The minimum absolute atomic E-state index is 0.0819. The van der Waals surface area contributed by atoms with E-state index < -0.39 is 0 Å². The van der Waals surface area contributed by atoms with Crippen molar-refractivity contribution in [2.24, 2.45) is 10.9 Å². The first kappa shape index (κ1) is 13.7. The fraction of sp³-hybridized carbons (Fsp3) is 0.353. The van der Waals surface area contributed by atoms with Gasteiger partial charge in [0.05, 0.1) is 11.6 Å². The summed E-state index contributed by atoms with van der Waals surface area (Å²) in [5.74, 6) is -0.323. The average Bonchev–Trinajstić information content (AvgIpc) is 2.36. The number of halogens is 1. The van der Waals surface area contributed by atoms with E-state index >= 15 is 0 Å². The molecule has 1 aliphatic carbocycles. The van der Waals surface area contributed by atoms with Gasteiger partial charge in [0.25, 0.3) is 0 Å². The van der Waals surface area contributed by atoms with Crippen molar-refractivity contribution >= 4 is 5.71 Å². The molecule has 0 fully saturated rings. The Kier molecular flexibility index (Phi) is 3.98. The second kappa shape index (κ2) is 5.52. The normalized spacial score (nSPS) is 20.1. The number of hydrogen-bond donors (Lipinski definition) is 0. The minimum Gasteiger partial charge on any atom is -0.292 e. The van der Waals surface area contributed by atoms with Crippen molar-refractivity contribution in [1.82, 2.24) is 0 Å². The van der Waals surface area contributed by atoms with E-state index in [0.29, 0.717) is 6.42 Å². The van der Waals surface area contributed by atoms with Gasteiger partial charge in [0.2, 0.25) is 0 Å². The van der Waals surface area contributed by atoms with Crippen LogP contribution in [-0.2, 0) is 0 Å². The van der Waals surface area contributed by atoms with Gasteiger partial charge in [-0.05, 0) is 50.5 Å². The fourth-order valence-electron chi connectivity index (χ4n) is 2.51. The maximum absolute atomic E-state index is 14.2. The molecule has 0 bridgehead atoms. The summed E-state index contributed by atoms with van der Waals surface area (Å²) in [6.07, 6.45) is 4.38. The largest absolute Gasteiger partial charge is 0.292 e. The molecule has 2 heteroatoms. The Morgan fingerprint density at radius 3 is 2.63 bits per heavy atom. The fourth-order valence-corrected chi connectivity index (χ4v) is 2.51. The highest BCUT2D eigenvalue weighted by atomic mass is 19.1. The van der Waals surface area contributed by atoms with Gasteiger partial charge in [-0.2, -0.15) is 0 Å². The van der Waals surface area contributed by atoms with Crippen molar-refractivity contribution in [2.75, 3.05) is 7.05 Å². The van der Waals surface area contributed by atoms with Crippen LogP contribution in [0.25, 0.3) is 0 Å². The summed E-state index contributed by atoms with van der Waals surface area (Å²) in [6.45, 7) is 6.02. The first-order valence-electron chi connectivity index (χ1n) is 6.61. The van der Waals surface area contributed by atoms with Crippen LogP contribution in [0.2, 0.25) is 0 Å². The molecule has 0 saturated heterocycles. The maximum atomic E-state index is 14.2. The van der Waals surface area contributed by atoms with Crippen LogP contribution in [0.1, 0.15) is 30.0 Å². The summed E-state index contributed by atoms with van der Waals surface area (Å²) in [5.41, 5.74) is 5.21. The molecule has 0 heterocycles. The molecule has 0 amide bonds. The van der Waals surface area contributed by atoms with E-state index in [1.54, 1.807) is 13.1 Å². The van der Waals surface area contributed by atoms with Gasteiger partial charge in [-0.15, -0.1) is 0 Å². The SMILES string of the molecule is C/N=C(\c1cc(C)ccc1C)C1CC=C(C)C=C1F. The molecular weight excluding hydrogens is 237 g/mol. The lowest BCUT2D eigenvalue weighted by Gasteiger charge is -2.21. The third kappa shape index (κ3) is 2.83. The third-order valence-corrected chi connectivity index (χ3v) is 3.61. The van der Waals surface area contributed by atoms with Gasteiger partial charge in [-0.1, -0.05) is 29.3 Å². The van der Waals surface area contributed by atoms with Crippen molar-refractivity contribution in [3.05, 3.63) is 58.4 Å². The summed E-state index contributed by atoms with van der Waals surface area (Å²) < 4.78 is 14.2. The Balaban J connectivity index is 2.42. The number of rotatable bonds is 2. The van der Waals surface area contributed by atoms with Crippen LogP contribution in [0.3, 0.4) is 0 Å². The Labute approximate surface area is 114 Å². The standard InChI is InChI=1S/C17H20FN/c1-11-5-7-13(3)15(9-11)17(19-4)14-8-6-12(2)10-16(14)18/h5-7,9-10,14H,8H2,1-4H3/b19-17-. The van der Waals surface area contributed by atoms with Crippen LogP contribution in [-0.4, -0.2) is 12.8 Å². The molecule has 0 radical (unpaired) electrons. The molecule has 0 aromatic heterocycles. The van der Waals surface area contributed by atoms with Crippen LogP contribution in [0.5, 0.6) is 0 Å². The van der Waals surface area contributed by atoms with Crippen molar-refractivity contribution < 1.29 is 4.39 Å². The van der Waals surface area contributed by atoms with E-state index in [1.165, 1.54) is 5.56 Å². The molecule has 19 heavy (non-hydrogen) atoms. The van der Waals surface area contributed by atoms with Crippen molar-refractivity contribution in [3.63, 3.8) is 0 Å². The first-order valence-corrected chi connectivity index (χ1v) is 6.61. The Morgan fingerprint density at radius 1 is 1.26 bits per heavy atom. The Bertz CT molecular complexity index is 579. The topological polar surface area (TPSA) is 12.4 Å². The lowest BCUT2D eigenvalue weighted by atomic mass is 9.86. The summed E-state index contributed by atoms with van der Waals surface area (Å²) in [5, 5.41) is 0. The summed E-state index contributed by atoms with van der Waals surface area (Å²) in [7, 11) is 1.75. The van der Waals surface area contributed by atoms with Crippen LogP contribution >= 0.6 is 0 Å². The Morgan fingerprint density at radius 2 is 2.00 bits per heavy atom. The maximum Gasteiger partial charge on any atom is 0.110 e. The molecule has 100 valence electrons. The molecule has 1 unspecified atom stereocenters. The first-order chi connectivity index (χ1) is 9.02. The monoisotopic (exact) mass is 257 g/mol. The van der Waals surface area contributed by atoms with Crippen molar-refractivity contribution in [3.8, 4) is 0 Å². The van der Waals surface area contributed by atoms with Gasteiger partial charge < -0.3 is 0 Å². The van der Waals surface area contributed by atoms with E-state index in [-0.39, 0.29) is 11.7 Å². The predicted molar refractivity (Wildman–Crippen MR) is 79.4 cm³/mol. The zero-order valence-corrected chi connectivity index (χ0v) is 12.0. The zero-order chi connectivity index (χ0) is 14.0. The highest BCUT2D eigenvalue weighted by molar-refractivity contribution is 6.05. The molecule has 1 atom stereocenters. The lowest BCUT2D eigenvalue weighted by Crippen LogP contribution is -2.19. The molecule has 1 nitrogen and oxygen atoms in total. The van der Waals surface area contributed by atoms with E-state index in [0.717, 1.165) is 22.4 Å². The number of allylic oxidation sites excluding steroid dienone is 4. The minimum atomic E-state index is -0.241. The number of aliphatic imine (C=N–C) groups is 1. The third-order valence-electron chi connectivity index (χ3n) is 3.61. The molecule has 0 spiro atoms. The quantitative estimate of drug-likeness (QED) is 0.690. The van der Waals surface area contributed by atoms with Crippen molar-refractivity contribution in [2.45, 2.75) is 27.2 Å². The van der Waals surface area contributed by atoms with Crippen LogP contribution < -0.4 is 0 Å². The van der Waals surface area contributed by atoms with Gasteiger partial charge in [0.1, 0.15) is 5.83 Å². The Hall–Kier alpha value is -1.70. The van der Waals surface area contributed by atoms with Crippen molar-refractivity contribution in [1.29, 1.82) is 0 Å². The lowest BCUT2D eigenvalue weighted by molar-refractivity contribution is 0.537. The predicted octanol–water partition coefficient (Wildman–Crippen LogP) is 4.54. The van der Waals surface area contributed by atoms with Crippen LogP contribution in [0.15, 0.2) is 46.7 Å². The highest BCUT2D eigenvalue weighted by Gasteiger charge is 2.24. The van der Waals surface area contributed by atoms with E-state index in [9.17, 15) is 4.39 Å². The average molecular weight is 257 g/mol. The van der Waals surface area contributed by atoms with Gasteiger partial charge >= 0.3 is 0 Å². The van der Waals surface area contributed by atoms with Gasteiger partial charge in [-0.3, -0.25) is 4.99 Å².